The number of anilines is 1. The van der Waals surface area contributed by atoms with Gasteiger partial charge in [-0.15, -0.1) is 11.8 Å². The van der Waals surface area contributed by atoms with Crippen molar-refractivity contribution in [2.24, 2.45) is 0 Å². The zero-order valence-electron chi connectivity index (χ0n) is 11.2. The summed E-state index contributed by atoms with van der Waals surface area (Å²) in [4.78, 5) is 13.0. The molecule has 0 unspecified atom stereocenters. The van der Waals surface area contributed by atoms with Crippen LogP contribution in [-0.2, 0) is 4.79 Å². The first-order valence-corrected chi connectivity index (χ1v) is 7.75. The molecule has 1 amide bonds. The molecule has 104 valence electrons. The van der Waals surface area contributed by atoms with E-state index in [1.165, 1.54) is 10.5 Å². The maximum Gasteiger partial charge on any atom is 0.225 e. The van der Waals surface area contributed by atoms with Gasteiger partial charge in [0.15, 0.2) is 0 Å². The average molecular weight is 306 g/mol. The molecule has 0 aliphatic heterocycles. The molecule has 2 rings (SSSR count). The molecule has 0 saturated heterocycles. The molecule has 0 aliphatic rings. The minimum atomic E-state index is 0.00637. The smallest absolute Gasteiger partial charge is 0.225 e. The van der Waals surface area contributed by atoms with Gasteiger partial charge in [0.25, 0.3) is 0 Å². The summed E-state index contributed by atoms with van der Waals surface area (Å²) in [5.74, 6) is 0.766. The molecular formula is C16H16ClNOS. The van der Waals surface area contributed by atoms with Crippen molar-refractivity contribution in [3.63, 3.8) is 0 Å². The molecule has 0 saturated carbocycles. The van der Waals surface area contributed by atoms with Crippen LogP contribution in [0.15, 0.2) is 53.4 Å². The van der Waals surface area contributed by atoms with Crippen molar-refractivity contribution in [3.8, 4) is 0 Å². The first-order valence-electron chi connectivity index (χ1n) is 6.38. The molecule has 2 nitrogen and oxygen atoms in total. The minimum Gasteiger partial charge on any atom is -0.326 e. The van der Waals surface area contributed by atoms with Gasteiger partial charge in [-0.3, -0.25) is 4.79 Å². The first-order chi connectivity index (χ1) is 9.63. The van der Waals surface area contributed by atoms with Crippen LogP contribution in [0.5, 0.6) is 0 Å². The largest absolute Gasteiger partial charge is 0.326 e. The fourth-order valence-electron chi connectivity index (χ4n) is 1.69. The zero-order chi connectivity index (χ0) is 14.4. The fourth-order valence-corrected chi connectivity index (χ4v) is 2.73. The topological polar surface area (TPSA) is 29.1 Å². The van der Waals surface area contributed by atoms with Gasteiger partial charge in [0.1, 0.15) is 0 Å². The monoisotopic (exact) mass is 305 g/mol. The predicted molar refractivity (Wildman–Crippen MR) is 86.6 cm³/mol. The number of carbonyl (C=O) groups is 1. The number of carbonyl (C=O) groups excluding carboxylic acids is 1. The second-order valence-corrected chi connectivity index (χ2v) is 6.07. The summed E-state index contributed by atoms with van der Waals surface area (Å²) in [6.07, 6.45) is 0.477. The van der Waals surface area contributed by atoms with Gasteiger partial charge in [-0.2, -0.15) is 0 Å². The van der Waals surface area contributed by atoms with Crippen LogP contribution >= 0.6 is 23.4 Å². The van der Waals surface area contributed by atoms with E-state index in [1.54, 1.807) is 23.9 Å². The third kappa shape index (κ3) is 4.91. The van der Waals surface area contributed by atoms with Crippen LogP contribution in [-0.4, -0.2) is 11.7 Å². The van der Waals surface area contributed by atoms with E-state index >= 15 is 0 Å². The number of thioether (sulfide) groups is 1. The molecule has 2 aromatic carbocycles. The maximum absolute atomic E-state index is 11.8. The van der Waals surface area contributed by atoms with Gasteiger partial charge in [0, 0.05) is 27.8 Å². The Balaban J connectivity index is 1.76. The quantitative estimate of drug-likeness (QED) is 0.806. The summed E-state index contributed by atoms with van der Waals surface area (Å²) >= 11 is 7.55. The summed E-state index contributed by atoms with van der Waals surface area (Å²) in [5, 5.41) is 3.46. The lowest BCUT2D eigenvalue weighted by molar-refractivity contribution is -0.115. The standard InChI is InChI=1S/C16H16ClNOS/c1-12-5-7-15(8-6-12)20-10-9-16(19)18-14-4-2-3-13(17)11-14/h2-8,11H,9-10H2,1H3,(H,18,19). The van der Waals surface area contributed by atoms with Gasteiger partial charge < -0.3 is 5.32 Å². The van der Waals surface area contributed by atoms with E-state index in [0.29, 0.717) is 11.4 Å². The molecular weight excluding hydrogens is 290 g/mol. The zero-order valence-corrected chi connectivity index (χ0v) is 12.8. The first kappa shape index (κ1) is 14.9. The van der Waals surface area contributed by atoms with Crippen LogP contribution in [0.25, 0.3) is 0 Å². The summed E-state index contributed by atoms with van der Waals surface area (Å²) in [6.45, 7) is 2.06. The van der Waals surface area contributed by atoms with Gasteiger partial charge in [-0.05, 0) is 37.3 Å². The Kier molecular flexibility index (Phi) is 5.50. The van der Waals surface area contributed by atoms with Crippen molar-refractivity contribution >= 4 is 35.0 Å². The van der Waals surface area contributed by atoms with Gasteiger partial charge >= 0.3 is 0 Å². The molecule has 1 N–H and O–H groups in total. The van der Waals surface area contributed by atoms with Crippen molar-refractivity contribution < 1.29 is 4.79 Å². The molecule has 0 bridgehead atoms. The van der Waals surface area contributed by atoms with E-state index in [2.05, 4.69) is 36.5 Å². The van der Waals surface area contributed by atoms with E-state index in [1.807, 2.05) is 12.1 Å². The van der Waals surface area contributed by atoms with Gasteiger partial charge in [0.2, 0.25) is 5.91 Å². The molecule has 0 aliphatic carbocycles. The van der Waals surface area contributed by atoms with Crippen molar-refractivity contribution in [3.05, 3.63) is 59.1 Å². The number of hydrogen-bond acceptors (Lipinski definition) is 2. The Hall–Kier alpha value is -1.45. The third-order valence-corrected chi connectivity index (χ3v) is 3.98. The molecule has 20 heavy (non-hydrogen) atoms. The number of aryl methyl sites for hydroxylation is 1. The molecule has 4 heteroatoms. The van der Waals surface area contributed by atoms with Crippen LogP contribution in [0.3, 0.4) is 0 Å². The molecule has 0 spiro atoms. The Morgan fingerprint density at radius 2 is 1.95 bits per heavy atom. The summed E-state index contributed by atoms with van der Waals surface area (Å²) < 4.78 is 0. The highest BCUT2D eigenvalue weighted by atomic mass is 35.5. The van der Waals surface area contributed by atoms with Crippen molar-refractivity contribution in [2.75, 3.05) is 11.1 Å². The molecule has 0 heterocycles. The lowest BCUT2D eigenvalue weighted by Crippen LogP contribution is -2.11. The predicted octanol–water partition coefficient (Wildman–Crippen LogP) is 4.77. The SMILES string of the molecule is Cc1ccc(SCCC(=O)Nc2cccc(Cl)c2)cc1. The van der Waals surface area contributed by atoms with Crippen molar-refractivity contribution in [2.45, 2.75) is 18.2 Å². The van der Waals surface area contributed by atoms with Crippen molar-refractivity contribution in [1.82, 2.24) is 0 Å². The minimum absolute atomic E-state index is 0.00637. The molecule has 2 aromatic rings. The molecule has 0 fully saturated rings. The third-order valence-electron chi connectivity index (χ3n) is 2.73. The summed E-state index contributed by atoms with van der Waals surface area (Å²) in [6, 6.07) is 15.5. The van der Waals surface area contributed by atoms with Crippen LogP contribution in [0.2, 0.25) is 5.02 Å². The van der Waals surface area contributed by atoms with Crippen LogP contribution in [0.4, 0.5) is 5.69 Å². The molecule has 0 aromatic heterocycles. The summed E-state index contributed by atoms with van der Waals surface area (Å²) in [7, 11) is 0. The lowest BCUT2D eigenvalue weighted by Gasteiger charge is -2.05. The normalized spacial score (nSPS) is 10.3. The number of hydrogen-bond donors (Lipinski definition) is 1. The van der Waals surface area contributed by atoms with Gasteiger partial charge in [0.05, 0.1) is 0 Å². The van der Waals surface area contributed by atoms with E-state index in [4.69, 9.17) is 11.6 Å². The Morgan fingerprint density at radius 1 is 1.20 bits per heavy atom. The Morgan fingerprint density at radius 3 is 2.65 bits per heavy atom. The summed E-state index contributed by atoms with van der Waals surface area (Å²) in [5.41, 5.74) is 1.98. The van der Waals surface area contributed by atoms with Crippen LogP contribution in [0.1, 0.15) is 12.0 Å². The molecule has 0 atom stereocenters. The van der Waals surface area contributed by atoms with E-state index < -0.39 is 0 Å². The number of amides is 1. The van der Waals surface area contributed by atoms with E-state index in [-0.39, 0.29) is 5.91 Å². The highest BCUT2D eigenvalue weighted by Crippen LogP contribution is 2.20. The Labute approximate surface area is 128 Å². The average Bonchev–Trinajstić information content (AvgIpc) is 2.41. The second-order valence-electron chi connectivity index (χ2n) is 4.47. The maximum atomic E-state index is 11.8. The number of rotatable bonds is 5. The highest BCUT2D eigenvalue weighted by molar-refractivity contribution is 7.99. The van der Waals surface area contributed by atoms with Gasteiger partial charge in [-0.25, -0.2) is 0 Å². The van der Waals surface area contributed by atoms with Crippen molar-refractivity contribution in [1.29, 1.82) is 0 Å². The Bertz CT molecular complexity index is 583. The number of nitrogens with one attached hydrogen (secondary N) is 1. The second kappa shape index (κ2) is 7.36. The number of benzene rings is 2. The van der Waals surface area contributed by atoms with Crippen LogP contribution in [0, 0.1) is 6.92 Å². The van der Waals surface area contributed by atoms with E-state index in [9.17, 15) is 4.79 Å². The van der Waals surface area contributed by atoms with Gasteiger partial charge in [-0.1, -0.05) is 35.4 Å². The highest BCUT2D eigenvalue weighted by Gasteiger charge is 2.03. The lowest BCUT2D eigenvalue weighted by atomic mass is 10.2. The fraction of sp³-hybridized carbons (Fsp3) is 0.188. The van der Waals surface area contributed by atoms with E-state index in [0.717, 1.165) is 11.4 Å². The number of halogens is 1. The van der Waals surface area contributed by atoms with Crippen LogP contribution < -0.4 is 5.32 Å². The molecule has 0 radical (unpaired) electrons.